The Hall–Kier alpha value is -2.49. The Labute approximate surface area is 131 Å². The van der Waals surface area contributed by atoms with Crippen molar-refractivity contribution in [1.29, 1.82) is 0 Å². The molecule has 0 spiro atoms. The summed E-state index contributed by atoms with van der Waals surface area (Å²) in [6, 6.07) is 13.1. The predicted octanol–water partition coefficient (Wildman–Crippen LogP) is 3.04. The zero-order chi connectivity index (χ0) is 16.3. The first-order chi connectivity index (χ1) is 10.4. The molecule has 0 saturated heterocycles. The molecule has 0 aromatic heterocycles. The first kappa shape index (κ1) is 15.9. The summed E-state index contributed by atoms with van der Waals surface area (Å²) in [5.41, 5.74) is 3.46. The Morgan fingerprint density at radius 1 is 1.05 bits per heavy atom. The summed E-state index contributed by atoms with van der Waals surface area (Å²) in [5, 5.41) is 9.86. The van der Waals surface area contributed by atoms with Crippen LogP contribution in [0.2, 0.25) is 0 Å². The van der Waals surface area contributed by atoms with Crippen LogP contribution >= 0.6 is 0 Å². The van der Waals surface area contributed by atoms with E-state index in [9.17, 15) is 9.90 Å². The monoisotopic (exact) mass is 298 g/mol. The molecule has 0 bridgehead atoms. The van der Waals surface area contributed by atoms with Crippen LogP contribution in [0.4, 0.5) is 5.69 Å². The van der Waals surface area contributed by atoms with E-state index in [1.807, 2.05) is 50.2 Å². The predicted molar refractivity (Wildman–Crippen MR) is 89.4 cm³/mol. The number of carbonyl (C=O) groups is 1. The van der Waals surface area contributed by atoms with Crippen molar-refractivity contribution in [2.24, 2.45) is 0 Å². The van der Waals surface area contributed by atoms with Gasteiger partial charge in [0.1, 0.15) is 5.75 Å². The van der Waals surface area contributed by atoms with E-state index < -0.39 is 0 Å². The molecule has 0 unspecified atom stereocenters. The van der Waals surface area contributed by atoms with Crippen LogP contribution in [0, 0.1) is 6.92 Å². The Balaban J connectivity index is 2.12. The Bertz CT molecular complexity index is 663. The van der Waals surface area contributed by atoms with E-state index in [0.29, 0.717) is 12.1 Å². The number of nitrogens with zero attached hydrogens (tertiary/aromatic N) is 2. The van der Waals surface area contributed by atoms with Crippen LogP contribution < -0.4 is 4.90 Å². The molecule has 0 saturated carbocycles. The summed E-state index contributed by atoms with van der Waals surface area (Å²) in [6.45, 7) is 2.40. The van der Waals surface area contributed by atoms with E-state index in [-0.39, 0.29) is 11.7 Å². The molecular formula is C18H22N2O2. The maximum absolute atomic E-state index is 12.5. The van der Waals surface area contributed by atoms with Gasteiger partial charge in [-0.15, -0.1) is 0 Å². The lowest BCUT2D eigenvalue weighted by molar-refractivity contribution is 0.0782. The van der Waals surface area contributed by atoms with Gasteiger partial charge in [-0.1, -0.05) is 23.8 Å². The fourth-order valence-corrected chi connectivity index (χ4v) is 2.27. The van der Waals surface area contributed by atoms with Crippen molar-refractivity contribution >= 4 is 11.6 Å². The van der Waals surface area contributed by atoms with E-state index in [0.717, 1.165) is 16.8 Å². The first-order valence-corrected chi connectivity index (χ1v) is 7.20. The molecule has 4 heteroatoms. The summed E-state index contributed by atoms with van der Waals surface area (Å²) in [5.74, 6) is -0.164. The van der Waals surface area contributed by atoms with Gasteiger partial charge >= 0.3 is 0 Å². The number of aromatic hydroxyl groups is 1. The Morgan fingerprint density at radius 3 is 2.27 bits per heavy atom. The van der Waals surface area contributed by atoms with E-state index in [4.69, 9.17) is 0 Å². The van der Waals surface area contributed by atoms with Crippen molar-refractivity contribution in [2.45, 2.75) is 13.5 Å². The highest BCUT2D eigenvalue weighted by Gasteiger charge is 2.16. The highest BCUT2D eigenvalue weighted by atomic mass is 16.3. The van der Waals surface area contributed by atoms with Crippen LogP contribution in [0.3, 0.4) is 0 Å². The van der Waals surface area contributed by atoms with Crippen molar-refractivity contribution in [1.82, 2.24) is 4.90 Å². The van der Waals surface area contributed by atoms with Gasteiger partial charge in [-0.25, -0.2) is 0 Å². The lowest BCUT2D eigenvalue weighted by atomic mass is 10.1. The minimum atomic E-state index is -0.183. The average Bonchev–Trinajstić information content (AvgIpc) is 2.49. The van der Waals surface area contributed by atoms with Crippen LogP contribution in [0.15, 0.2) is 42.5 Å². The molecule has 1 N–H and O–H groups in total. The highest BCUT2D eigenvalue weighted by Crippen LogP contribution is 2.21. The van der Waals surface area contributed by atoms with Gasteiger partial charge in [0.2, 0.25) is 0 Å². The second-order valence-electron chi connectivity index (χ2n) is 5.74. The van der Waals surface area contributed by atoms with Gasteiger partial charge in [0, 0.05) is 33.4 Å². The van der Waals surface area contributed by atoms with Crippen molar-refractivity contribution in [3.05, 3.63) is 59.2 Å². The van der Waals surface area contributed by atoms with E-state index in [1.165, 1.54) is 0 Å². The first-order valence-electron chi connectivity index (χ1n) is 7.20. The topological polar surface area (TPSA) is 43.8 Å². The van der Waals surface area contributed by atoms with Crippen LogP contribution in [0.5, 0.6) is 5.75 Å². The number of rotatable bonds is 4. The molecule has 0 heterocycles. The Morgan fingerprint density at radius 2 is 1.68 bits per heavy atom. The van der Waals surface area contributed by atoms with Gasteiger partial charge in [0.25, 0.3) is 5.91 Å². The summed E-state index contributed by atoms with van der Waals surface area (Å²) in [6.07, 6.45) is 0. The number of phenolic OH excluding ortho intramolecular Hbond substituents is 1. The molecule has 1 amide bonds. The van der Waals surface area contributed by atoms with Gasteiger partial charge in [-0.3, -0.25) is 4.79 Å². The zero-order valence-electron chi connectivity index (χ0n) is 13.5. The van der Waals surface area contributed by atoms with Crippen molar-refractivity contribution < 1.29 is 9.90 Å². The lowest BCUT2D eigenvalue weighted by Crippen LogP contribution is -2.26. The standard InChI is InChI=1S/C18H22N2O2/c1-13-5-10-17(21)16(11-13)18(22)20(4)12-14-6-8-15(9-7-14)19(2)3/h5-11,21H,12H2,1-4H3. The molecular weight excluding hydrogens is 276 g/mol. The maximum Gasteiger partial charge on any atom is 0.257 e. The molecule has 4 nitrogen and oxygen atoms in total. The Kier molecular flexibility index (Phi) is 4.71. The third kappa shape index (κ3) is 3.58. The van der Waals surface area contributed by atoms with E-state index in [1.54, 1.807) is 30.1 Å². The fourth-order valence-electron chi connectivity index (χ4n) is 2.27. The van der Waals surface area contributed by atoms with Crippen molar-refractivity contribution in [2.75, 3.05) is 26.0 Å². The largest absolute Gasteiger partial charge is 0.507 e. The molecule has 0 aliphatic carbocycles. The highest BCUT2D eigenvalue weighted by molar-refractivity contribution is 5.96. The zero-order valence-corrected chi connectivity index (χ0v) is 13.5. The lowest BCUT2D eigenvalue weighted by Gasteiger charge is -2.19. The van der Waals surface area contributed by atoms with Gasteiger partial charge in [-0.2, -0.15) is 0 Å². The second kappa shape index (κ2) is 6.52. The number of aryl methyl sites for hydroxylation is 1. The normalized spacial score (nSPS) is 10.4. The van der Waals surface area contributed by atoms with Gasteiger partial charge in [0.05, 0.1) is 5.56 Å². The number of anilines is 1. The molecule has 116 valence electrons. The van der Waals surface area contributed by atoms with Gasteiger partial charge < -0.3 is 14.9 Å². The molecule has 2 aromatic rings. The molecule has 2 aromatic carbocycles. The number of benzene rings is 2. The molecule has 0 aliphatic rings. The minimum absolute atomic E-state index is 0.0189. The van der Waals surface area contributed by atoms with Crippen LogP contribution in [-0.2, 0) is 6.54 Å². The summed E-state index contributed by atoms with van der Waals surface area (Å²) in [7, 11) is 5.72. The quantitative estimate of drug-likeness (QED) is 0.943. The second-order valence-corrected chi connectivity index (χ2v) is 5.74. The van der Waals surface area contributed by atoms with E-state index >= 15 is 0 Å². The third-order valence-corrected chi connectivity index (χ3v) is 3.60. The van der Waals surface area contributed by atoms with Gasteiger partial charge in [0.15, 0.2) is 0 Å². The minimum Gasteiger partial charge on any atom is -0.507 e. The number of hydrogen-bond donors (Lipinski definition) is 1. The molecule has 22 heavy (non-hydrogen) atoms. The number of amides is 1. The molecule has 0 radical (unpaired) electrons. The van der Waals surface area contributed by atoms with Gasteiger partial charge in [-0.05, 0) is 36.8 Å². The summed E-state index contributed by atoms with van der Waals surface area (Å²) >= 11 is 0. The summed E-state index contributed by atoms with van der Waals surface area (Å²) in [4.78, 5) is 16.1. The summed E-state index contributed by atoms with van der Waals surface area (Å²) < 4.78 is 0. The van der Waals surface area contributed by atoms with Crippen LogP contribution in [0.1, 0.15) is 21.5 Å². The third-order valence-electron chi connectivity index (χ3n) is 3.60. The van der Waals surface area contributed by atoms with Crippen molar-refractivity contribution in [3.8, 4) is 5.75 Å². The smallest absolute Gasteiger partial charge is 0.257 e. The molecule has 0 fully saturated rings. The number of phenols is 1. The average molecular weight is 298 g/mol. The number of carbonyl (C=O) groups excluding carboxylic acids is 1. The number of hydrogen-bond acceptors (Lipinski definition) is 3. The maximum atomic E-state index is 12.5. The molecule has 0 aliphatic heterocycles. The van der Waals surface area contributed by atoms with Crippen molar-refractivity contribution in [3.63, 3.8) is 0 Å². The molecule has 2 rings (SSSR count). The fraction of sp³-hybridized carbons (Fsp3) is 0.278. The molecule has 0 atom stereocenters. The van der Waals surface area contributed by atoms with Crippen LogP contribution in [-0.4, -0.2) is 37.1 Å². The van der Waals surface area contributed by atoms with E-state index in [2.05, 4.69) is 0 Å². The van der Waals surface area contributed by atoms with Crippen LogP contribution in [0.25, 0.3) is 0 Å². The SMILES string of the molecule is Cc1ccc(O)c(C(=O)N(C)Cc2ccc(N(C)C)cc2)c1.